The smallest absolute Gasteiger partial charge is 0.279 e. The zero-order valence-electron chi connectivity index (χ0n) is 8.23. The molecule has 6 heteroatoms. The molecule has 0 unspecified atom stereocenters. The van der Waals surface area contributed by atoms with Crippen LogP contribution in [0.15, 0.2) is 12.1 Å². The Morgan fingerprint density at radius 2 is 2.20 bits per heavy atom. The predicted molar refractivity (Wildman–Crippen MR) is 52.1 cm³/mol. The van der Waals surface area contributed by atoms with Crippen LogP contribution in [-0.4, -0.2) is 23.7 Å². The van der Waals surface area contributed by atoms with E-state index in [-0.39, 0.29) is 38.7 Å². The largest absolute Gasteiger partial charge is 0.503 e. The van der Waals surface area contributed by atoms with Crippen LogP contribution in [0.2, 0.25) is 0 Å². The molecule has 0 aliphatic heterocycles. The van der Waals surface area contributed by atoms with Gasteiger partial charge in [0, 0.05) is 32.7 Å². The van der Waals surface area contributed by atoms with Crippen molar-refractivity contribution >= 4 is 23.3 Å². The molecule has 81 valence electrons. The van der Waals surface area contributed by atoms with Crippen LogP contribution in [0.3, 0.4) is 0 Å². The summed E-state index contributed by atoms with van der Waals surface area (Å²) in [5.41, 5.74) is 0. The van der Waals surface area contributed by atoms with E-state index in [1.807, 2.05) is 0 Å². The van der Waals surface area contributed by atoms with E-state index in [4.69, 9.17) is 14.6 Å². The minimum absolute atomic E-state index is 0. The molecule has 0 saturated carbocycles. The first-order valence-electron chi connectivity index (χ1n) is 3.75. The Morgan fingerprint density at radius 3 is 2.53 bits per heavy atom. The average molecular weight is 303 g/mol. The predicted octanol–water partition coefficient (Wildman–Crippen LogP) is 1.63. The Morgan fingerprint density at radius 1 is 1.67 bits per heavy atom. The number of rotatable bonds is 2. The van der Waals surface area contributed by atoms with E-state index in [0.29, 0.717) is 11.5 Å². The van der Waals surface area contributed by atoms with Crippen LogP contribution in [0.4, 0.5) is 0 Å². The second kappa shape index (κ2) is 10.1. The summed E-state index contributed by atoms with van der Waals surface area (Å²) >= 11 is 1.27. The Kier molecular flexibility index (Phi) is 11.5. The number of aliphatic carboxylic acids is 1. The Bertz CT molecular complexity index is 280. The summed E-state index contributed by atoms with van der Waals surface area (Å²) in [6.07, 6.45) is 0. The molecule has 0 fully saturated rings. The molecule has 0 amide bonds. The van der Waals surface area contributed by atoms with Gasteiger partial charge in [0.15, 0.2) is 5.97 Å². The molecule has 0 aliphatic carbocycles. The normalized spacial score (nSPS) is 7.80. The van der Waals surface area contributed by atoms with E-state index in [1.54, 1.807) is 19.1 Å². The first kappa shape index (κ1) is 17.0. The second-order valence-electron chi connectivity index (χ2n) is 2.03. The molecule has 1 rings (SSSR count). The van der Waals surface area contributed by atoms with Gasteiger partial charge in [0.1, 0.15) is 0 Å². The molecule has 4 nitrogen and oxygen atoms in total. The SMILES string of the molecule is CCOC(=O)c1cc[c-]s1.[CH2-]C(=O)O.[Y]. The molecule has 1 aromatic rings. The number of carboxylic acid groups (broad SMARTS) is 1. The molecular formula is C9H10O4SY-2. The van der Waals surface area contributed by atoms with Crippen molar-refractivity contribution in [2.24, 2.45) is 0 Å². The number of carbonyl (C=O) groups is 2. The Balaban J connectivity index is 0. The summed E-state index contributed by atoms with van der Waals surface area (Å²) in [5.74, 6) is -1.34. The third kappa shape index (κ3) is 9.91. The van der Waals surface area contributed by atoms with Gasteiger partial charge in [0.2, 0.25) is 0 Å². The molecule has 0 spiro atoms. The topological polar surface area (TPSA) is 63.6 Å². The molecule has 1 aromatic heterocycles. The van der Waals surface area contributed by atoms with E-state index < -0.39 is 5.97 Å². The zero-order valence-corrected chi connectivity index (χ0v) is 11.9. The van der Waals surface area contributed by atoms with Gasteiger partial charge < -0.3 is 9.84 Å². The van der Waals surface area contributed by atoms with Gasteiger partial charge >= 0.3 is 0 Å². The van der Waals surface area contributed by atoms with Crippen molar-refractivity contribution in [1.29, 1.82) is 0 Å². The standard InChI is InChI=1S/C7H7O2S.C2H3O2.Y/c1-2-9-7(8)6-4-3-5-10-6;1-2(3)4;/h3-4H,2H2,1H3;1H2,(H,3,4);/q2*-1;. The molecule has 1 radical (unpaired) electrons. The number of esters is 1. The van der Waals surface area contributed by atoms with Crippen molar-refractivity contribution in [3.05, 3.63) is 29.3 Å². The summed E-state index contributed by atoms with van der Waals surface area (Å²) in [7, 11) is 0. The van der Waals surface area contributed by atoms with Crippen molar-refractivity contribution in [1.82, 2.24) is 0 Å². The third-order valence-electron chi connectivity index (χ3n) is 0.948. The van der Waals surface area contributed by atoms with Gasteiger partial charge in [-0.25, -0.2) is 0 Å². The van der Waals surface area contributed by atoms with Gasteiger partial charge in [-0.2, -0.15) is 12.1 Å². The Hall–Kier alpha value is -0.386. The third-order valence-corrected chi connectivity index (χ3v) is 1.72. The molecule has 1 heterocycles. The van der Waals surface area contributed by atoms with Gasteiger partial charge in [0.25, 0.3) is 5.97 Å². The van der Waals surface area contributed by atoms with E-state index >= 15 is 0 Å². The van der Waals surface area contributed by atoms with Gasteiger partial charge in [-0.15, -0.1) is 5.38 Å². The molecule has 0 saturated heterocycles. The van der Waals surface area contributed by atoms with E-state index in [0.717, 1.165) is 0 Å². The zero-order chi connectivity index (χ0) is 11.0. The van der Waals surface area contributed by atoms with Gasteiger partial charge in [-0.3, -0.25) is 27.8 Å². The van der Waals surface area contributed by atoms with Crippen LogP contribution in [0.1, 0.15) is 16.6 Å². The quantitative estimate of drug-likeness (QED) is 0.666. The van der Waals surface area contributed by atoms with Crippen molar-refractivity contribution < 1.29 is 52.1 Å². The molecular weight excluding hydrogens is 293 g/mol. The molecule has 0 atom stereocenters. The number of ether oxygens (including phenoxy) is 1. The summed E-state index contributed by atoms with van der Waals surface area (Å²) in [6, 6.07) is 3.40. The fraction of sp³-hybridized carbons (Fsp3) is 0.222. The van der Waals surface area contributed by atoms with Gasteiger partial charge in [-0.1, -0.05) is 0 Å². The number of thiophene rings is 1. The first-order valence-corrected chi connectivity index (χ1v) is 4.57. The van der Waals surface area contributed by atoms with E-state index in [9.17, 15) is 4.79 Å². The van der Waals surface area contributed by atoms with Crippen molar-refractivity contribution in [2.75, 3.05) is 6.61 Å². The Labute approximate surface area is 118 Å². The van der Waals surface area contributed by atoms with Crippen molar-refractivity contribution in [2.45, 2.75) is 6.92 Å². The van der Waals surface area contributed by atoms with Crippen LogP contribution < -0.4 is 0 Å². The minimum Gasteiger partial charge on any atom is -0.503 e. The number of hydrogen-bond donors (Lipinski definition) is 1. The first-order chi connectivity index (χ1) is 6.57. The van der Waals surface area contributed by atoms with E-state index in [1.165, 1.54) is 11.3 Å². The number of hydrogen-bond acceptors (Lipinski definition) is 4. The number of carboxylic acids is 1. The average Bonchev–Trinajstić information content (AvgIpc) is 2.55. The van der Waals surface area contributed by atoms with Gasteiger partial charge in [0.05, 0.1) is 6.61 Å². The summed E-state index contributed by atoms with van der Waals surface area (Å²) in [5, 5.41) is 10.1. The van der Waals surface area contributed by atoms with Gasteiger partial charge in [-0.05, 0) is 11.8 Å². The fourth-order valence-corrected chi connectivity index (χ4v) is 1.09. The maximum absolute atomic E-state index is 10.9. The molecule has 1 N–H and O–H groups in total. The van der Waals surface area contributed by atoms with Crippen LogP contribution >= 0.6 is 11.3 Å². The van der Waals surface area contributed by atoms with Crippen LogP contribution in [-0.2, 0) is 42.2 Å². The second-order valence-corrected chi connectivity index (χ2v) is 2.91. The molecule has 0 aliphatic rings. The maximum Gasteiger partial charge on any atom is 0.279 e. The number of carbonyl (C=O) groups excluding carboxylic acids is 1. The summed E-state index contributed by atoms with van der Waals surface area (Å²) < 4.78 is 4.74. The molecule has 15 heavy (non-hydrogen) atoms. The monoisotopic (exact) mass is 303 g/mol. The van der Waals surface area contributed by atoms with E-state index in [2.05, 4.69) is 12.3 Å². The van der Waals surface area contributed by atoms with Crippen LogP contribution in [0.25, 0.3) is 0 Å². The summed E-state index contributed by atoms with van der Waals surface area (Å²) in [4.78, 5) is 20.4. The van der Waals surface area contributed by atoms with Crippen LogP contribution in [0.5, 0.6) is 0 Å². The maximum atomic E-state index is 10.9. The van der Waals surface area contributed by atoms with Crippen molar-refractivity contribution in [3.8, 4) is 0 Å². The van der Waals surface area contributed by atoms with Crippen LogP contribution in [0, 0.1) is 12.3 Å². The minimum atomic E-state index is -1.08. The summed E-state index contributed by atoms with van der Waals surface area (Å²) in [6.45, 7) is 4.77. The molecule has 0 aromatic carbocycles. The fourth-order valence-electron chi connectivity index (χ4n) is 0.553. The molecule has 0 bridgehead atoms. The van der Waals surface area contributed by atoms with Crippen molar-refractivity contribution in [3.63, 3.8) is 0 Å².